The molecule has 2 heteroatoms. The fraction of sp³-hybridized carbons (Fsp3) is 1.00. The highest BCUT2D eigenvalue weighted by molar-refractivity contribution is 4.93. The predicted molar refractivity (Wildman–Crippen MR) is 63.0 cm³/mol. The highest BCUT2D eigenvalue weighted by atomic mass is 16.5. The Kier molecular flexibility index (Phi) is 3.68. The second-order valence-electron chi connectivity index (χ2n) is 5.41. The molecule has 0 radical (unpaired) electrons. The van der Waals surface area contributed by atoms with Crippen LogP contribution in [0.4, 0.5) is 0 Å². The summed E-state index contributed by atoms with van der Waals surface area (Å²) in [4.78, 5) is 0. The summed E-state index contributed by atoms with van der Waals surface area (Å²) in [6, 6.07) is 0.766. The minimum atomic E-state index is 0.199. The van der Waals surface area contributed by atoms with Crippen molar-refractivity contribution in [2.24, 2.45) is 5.92 Å². The first-order valence-corrected chi connectivity index (χ1v) is 6.56. The molecule has 2 aliphatic rings. The Bertz CT molecular complexity index is 195. The van der Waals surface area contributed by atoms with Crippen molar-refractivity contribution < 1.29 is 4.74 Å². The zero-order valence-corrected chi connectivity index (χ0v) is 10.2. The Morgan fingerprint density at radius 2 is 2.13 bits per heavy atom. The van der Waals surface area contributed by atoms with E-state index >= 15 is 0 Å². The van der Waals surface area contributed by atoms with Crippen LogP contribution in [0.2, 0.25) is 0 Å². The maximum absolute atomic E-state index is 5.62. The number of nitrogens with one attached hydrogen (secondary N) is 1. The van der Waals surface area contributed by atoms with E-state index in [1.165, 1.54) is 44.9 Å². The van der Waals surface area contributed by atoms with Gasteiger partial charge in [-0.1, -0.05) is 13.3 Å². The molecule has 0 aromatic carbocycles. The van der Waals surface area contributed by atoms with E-state index < -0.39 is 0 Å². The van der Waals surface area contributed by atoms with Gasteiger partial charge in [0.15, 0.2) is 0 Å². The predicted octanol–water partition coefficient (Wildman–Crippen LogP) is 2.72. The van der Waals surface area contributed by atoms with Gasteiger partial charge in [0, 0.05) is 19.7 Å². The largest absolute Gasteiger partial charge is 0.377 e. The molecule has 0 heterocycles. The Morgan fingerprint density at radius 1 is 1.33 bits per heavy atom. The third-order valence-electron chi connectivity index (χ3n) is 4.53. The van der Waals surface area contributed by atoms with E-state index in [9.17, 15) is 0 Å². The highest BCUT2D eigenvalue weighted by Gasteiger charge is 2.37. The van der Waals surface area contributed by atoms with Crippen LogP contribution in [0.15, 0.2) is 0 Å². The molecule has 0 bridgehead atoms. The number of hydrogen-bond acceptors (Lipinski definition) is 2. The van der Waals surface area contributed by atoms with E-state index in [2.05, 4.69) is 12.2 Å². The Labute approximate surface area is 93.8 Å². The van der Waals surface area contributed by atoms with Crippen molar-refractivity contribution in [1.82, 2.24) is 5.32 Å². The van der Waals surface area contributed by atoms with Crippen LogP contribution < -0.4 is 5.32 Å². The van der Waals surface area contributed by atoms with Gasteiger partial charge in [0.05, 0.1) is 5.60 Å². The fourth-order valence-corrected chi connectivity index (χ4v) is 2.99. The highest BCUT2D eigenvalue weighted by Crippen LogP contribution is 2.35. The zero-order valence-electron chi connectivity index (χ0n) is 10.2. The van der Waals surface area contributed by atoms with Crippen LogP contribution in [0.1, 0.15) is 51.9 Å². The van der Waals surface area contributed by atoms with Crippen molar-refractivity contribution >= 4 is 0 Å². The van der Waals surface area contributed by atoms with Crippen molar-refractivity contribution in [3.05, 3.63) is 0 Å². The van der Waals surface area contributed by atoms with Crippen LogP contribution in [-0.2, 0) is 4.74 Å². The van der Waals surface area contributed by atoms with Gasteiger partial charge in [-0.2, -0.15) is 0 Å². The molecular formula is C13H25NO. The topological polar surface area (TPSA) is 21.3 Å². The summed E-state index contributed by atoms with van der Waals surface area (Å²) >= 11 is 0. The van der Waals surface area contributed by atoms with Gasteiger partial charge >= 0.3 is 0 Å². The molecule has 88 valence electrons. The summed E-state index contributed by atoms with van der Waals surface area (Å²) in [7, 11) is 1.87. The van der Waals surface area contributed by atoms with E-state index in [4.69, 9.17) is 4.74 Å². The van der Waals surface area contributed by atoms with Crippen LogP contribution in [0.3, 0.4) is 0 Å². The lowest BCUT2D eigenvalue weighted by Gasteiger charge is -2.41. The molecule has 15 heavy (non-hydrogen) atoms. The number of rotatable bonds is 5. The first-order chi connectivity index (χ1) is 7.28. The summed E-state index contributed by atoms with van der Waals surface area (Å²) in [6.45, 7) is 3.39. The average Bonchev–Trinajstić information content (AvgIpc) is 2.65. The molecule has 2 atom stereocenters. The van der Waals surface area contributed by atoms with Gasteiger partial charge in [0.25, 0.3) is 0 Å². The Hall–Kier alpha value is -0.0800. The Morgan fingerprint density at radius 3 is 2.60 bits per heavy atom. The van der Waals surface area contributed by atoms with Crippen LogP contribution in [0, 0.1) is 5.92 Å². The van der Waals surface area contributed by atoms with E-state index in [-0.39, 0.29) is 5.60 Å². The molecule has 0 spiro atoms. The second kappa shape index (κ2) is 4.84. The molecular weight excluding hydrogens is 186 g/mol. The molecule has 2 unspecified atom stereocenters. The molecule has 0 saturated heterocycles. The van der Waals surface area contributed by atoms with E-state index in [0.717, 1.165) is 18.5 Å². The van der Waals surface area contributed by atoms with Crippen molar-refractivity contribution in [2.75, 3.05) is 13.7 Å². The molecule has 2 saturated carbocycles. The third-order valence-corrected chi connectivity index (χ3v) is 4.53. The molecule has 1 N–H and O–H groups in total. The van der Waals surface area contributed by atoms with Crippen LogP contribution in [0.5, 0.6) is 0 Å². The monoisotopic (exact) mass is 211 g/mol. The first-order valence-electron chi connectivity index (χ1n) is 6.56. The summed E-state index contributed by atoms with van der Waals surface area (Å²) in [5.41, 5.74) is 0.199. The zero-order chi connectivity index (χ0) is 10.7. The van der Waals surface area contributed by atoms with Gasteiger partial charge in [0.2, 0.25) is 0 Å². The molecule has 2 aliphatic carbocycles. The van der Waals surface area contributed by atoms with Crippen molar-refractivity contribution in [3.8, 4) is 0 Å². The molecule has 0 aromatic heterocycles. The summed E-state index contributed by atoms with van der Waals surface area (Å²) in [5, 5.41) is 3.71. The van der Waals surface area contributed by atoms with E-state index in [0.29, 0.717) is 0 Å². The molecule has 0 aromatic rings. The van der Waals surface area contributed by atoms with Gasteiger partial charge < -0.3 is 10.1 Å². The quantitative estimate of drug-likeness (QED) is 0.755. The van der Waals surface area contributed by atoms with Gasteiger partial charge in [-0.15, -0.1) is 0 Å². The number of methoxy groups -OCH3 is 1. The molecule has 0 aliphatic heterocycles. The van der Waals surface area contributed by atoms with E-state index in [1.807, 2.05) is 7.11 Å². The lowest BCUT2D eigenvalue weighted by molar-refractivity contribution is -0.0708. The summed E-state index contributed by atoms with van der Waals surface area (Å²) < 4.78 is 5.62. The third kappa shape index (κ3) is 2.54. The maximum atomic E-state index is 5.62. The summed E-state index contributed by atoms with van der Waals surface area (Å²) in [6.07, 6.45) is 9.38. The molecule has 0 amide bonds. The minimum absolute atomic E-state index is 0.199. The fourth-order valence-electron chi connectivity index (χ4n) is 2.99. The van der Waals surface area contributed by atoms with Crippen molar-refractivity contribution in [2.45, 2.75) is 63.5 Å². The van der Waals surface area contributed by atoms with E-state index in [1.54, 1.807) is 0 Å². The second-order valence-corrected chi connectivity index (χ2v) is 5.41. The Balaban J connectivity index is 1.69. The smallest absolute Gasteiger partial charge is 0.0802 e. The van der Waals surface area contributed by atoms with Gasteiger partial charge in [-0.25, -0.2) is 0 Å². The SMILES string of the molecule is CCC1CCC(NCC2(OC)CCC2)C1. The van der Waals surface area contributed by atoms with Crippen LogP contribution in [0.25, 0.3) is 0 Å². The van der Waals surface area contributed by atoms with Crippen LogP contribution >= 0.6 is 0 Å². The van der Waals surface area contributed by atoms with Gasteiger partial charge in [0.1, 0.15) is 0 Å². The minimum Gasteiger partial charge on any atom is -0.377 e. The maximum Gasteiger partial charge on any atom is 0.0802 e. The van der Waals surface area contributed by atoms with Crippen LogP contribution in [-0.4, -0.2) is 25.3 Å². The standard InChI is InChI=1S/C13H25NO/c1-3-11-5-6-12(9-11)14-10-13(15-2)7-4-8-13/h11-12,14H,3-10H2,1-2H3. The van der Waals surface area contributed by atoms with Gasteiger partial charge in [-0.05, 0) is 44.4 Å². The lowest BCUT2D eigenvalue weighted by atomic mass is 9.80. The summed E-state index contributed by atoms with van der Waals surface area (Å²) in [5.74, 6) is 0.974. The van der Waals surface area contributed by atoms with Crippen molar-refractivity contribution in [1.29, 1.82) is 0 Å². The number of hydrogen-bond donors (Lipinski definition) is 1. The lowest BCUT2D eigenvalue weighted by Crippen LogP contribution is -2.50. The molecule has 2 fully saturated rings. The number of ether oxygens (including phenoxy) is 1. The first kappa shape index (κ1) is 11.4. The molecule has 2 nitrogen and oxygen atoms in total. The van der Waals surface area contributed by atoms with Gasteiger partial charge in [-0.3, -0.25) is 0 Å². The molecule has 2 rings (SSSR count). The van der Waals surface area contributed by atoms with Crippen molar-refractivity contribution in [3.63, 3.8) is 0 Å². The average molecular weight is 211 g/mol. The normalized spacial score (nSPS) is 34.0.